The second-order valence-corrected chi connectivity index (χ2v) is 2.81. The van der Waals surface area contributed by atoms with Gasteiger partial charge in [0.25, 0.3) is 6.33 Å². The Kier molecular flexibility index (Phi) is 2.41. The molecule has 0 bridgehead atoms. The third kappa shape index (κ3) is 1.90. The lowest BCUT2D eigenvalue weighted by Crippen LogP contribution is -2.29. The molecule has 0 aromatic carbocycles. The zero-order valence-corrected chi connectivity index (χ0v) is 7.07. The van der Waals surface area contributed by atoms with E-state index in [9.17, 15) is 0 Å². The summed E-state index contributed by atoms with van der Waals surface area (Å²) in [5, 5.41) is 4.17. The summed E-state index contributed by atoms with van der Waals surface area (Å²) in [5.41, 5.74) is 0. The molecule has 0 fully saturated rings. The van der Waals surface area contributed by atoms with Crippen LogP contribution < -0.4 is 4.57 Å². The largest absolute Gasteiger partial charge is 0.265 e. The second kappa shape index (κ2) is 3.32. The minimum Gasteiger partial charge on any atom is -0.234 e. The zero-order valence-electron chi connectivity index (χ0n) is 7.07. The van der Waals surface area contributed by atoms with Crippen LogP contribution in [0, 0.1) is 0 Å². The molecule has 3 heteroatoms. The highest BCUT2D eigenvalue weighted by molar-refractivity contribution is 4.59. The highest BCUT2D eigenvalue weighted by Gasteiger charge is 2.06. The maximum absolute atomic E-state index is 4.17. The fraction of sp³-hybridized carbons (Fsp3) is 0.500. The molecule has 1 heterocycles. The van der Waals surface area contributed by atoms with Crippen molar-refractivity contribution in [2.75, 3.05) is 0 Å². The van der Waals surface area contributed by atoms with Crippen molar-refractivity contribution in [3.63, 3.8) is 0 Å². The van der Waals surface area contributed by atoms with Crippen molar-refractivity contribution in [2.24, 2.45) is 0 Å². The molecule has 11 heavy (non-hydrogen) atoms. The fourth-order valence-electron chi connectivity index (χ4n) is 0.848. The Balaban J connectivity index is 2.73. The third-order valence-corrected chi connectivity index (χ3v) is 1.47. The number of allylic oxidation sites excluding steroid dienone is 1. The van der Waals surface area contributed by atoms with Gasteiger partial charge in [-0.15, -0.1) is 4.68 Å². The Labute approximate surface area is 67.0 Å². The van der Waals surface area contributed by atoms with Crippen LogP contribution >= 0.6 is 0 Å². The summed E-state index contributed by atoms with van der Waals surface area (Å²) in [4.78, 5) is 0. The van der Waals surface area contributed by atoms with Gasteiger partial charge in [-0.05, 0) is 13.8 Å². The van der Waals surface area contributed by atoms with Gasteiger partial charge in [-0.1, -0.05) is 12.7 Å². The summed E-state index contributed by atoms with van der Waals surface area (Å²) in [7, 11) is 0. The highest BCUT2D eigenvalue weighted by Crippen LogP contribution is 1.96. The van der Waals surface area contributed by atoms with Crippen LogP contribution in [0.15, 0.2) is 25.3 Å². The van der Waals surface area contributed by atoms with Gasteiger partial charge in [0, 0.05) is 5.10 Å². The molecule has 0 N–H and O–H groups in total. The molecule has 0 aliphatic heterocycles. The molecule has 0 spiro atoms. The minimum absolute atomic E-state index is 0.432. The Morgan fingerprint density at radius 1 is 1.73 bits per heavy atom. The molecule has 1 aromatic heterocycles. The van der Waals surface area contributed by atoms with Crippen molar-refractivity contribution >= 4 is 0 Å². The second-order valence-electron chi connectivity index (χ2n) is 2.81. The summed E-state index contributed by atoms with van der Waals surface area (Å²) < 4.78 is 3.91. The molecule has 0 amide bonds. The van der Waals surface area contributed by atoms with E-state index in [0.717, 1.165) is 6.54 Å². The minimum atomic E-state index is 0.432. The van der Waals surface area contributed by atoms with E-state index < -0.39 is 0 Å². The third-order valence-electron chi connectivity index (χ3n) is 1.47. The van der Waals surface area contributed by atoms with Gasteiger partial charge < -0.3 is 0 Å². The first kappa shape index (κ1) is 7.98. The molecule has 3 nitrogen and oxygen atoms in total. The lowest BCUT2D eigenvalue weighted by atomic mass is 10.4. The molecular formula is C8H14N3+. The molecule has 0 aliphatic rings. The molecular weight excluding hydrogens is 138 g/mol. The number of rotatable bonds is 3. The predicted octanol–water partition coefficient (Wildman–Crippen LogP) is 0.938. The van der Waals surface area contributed by atoms with Gasteiger partial charge in [-0.3, -0.25) is 0 Å². The molecule has 0 saturated carbocycles. The van der Waals surface area contributed by atoms with Crippen molar-refractivity contribution in [3.05, 3.63) is 25.3 Å². The summed E-state index contributed by atoms with van der Waals surface area (Å²) in [5.74, 6) is 0. The monoisotopic (exact) mass is 152 g/mol. The molecule has 0 aliphatic carbocycles. The first-order chi connectivity index (χ1) is 5.24. The maximum Gasteiger partial charge on any atom is 0.265 e. The Morgan fingerprint density at radius 3 is 2.91 bits per heavy atom. The standard InChI is InChI=1S/C8H14N3/c1-4-5-10-6-9-11(7-10)8(2)3/h4,6-8H,1,5H2,2-3H3/q+1. The highest BCUT2D eigenvalue weighted by atomic mass is 15.4. The van der Waals surface area contributed by atoms with Crippen molar-refractivity contribution in [1.82, 2.24) is 9.78 Å². The molecule has 0 saturated heterocycles. The summed E-state index contributed by atoms with van der Waals surface area (Å²) in [6.45, 7) is 8.68. The molecule has 1 rings (SSSR count). The van der Waals surface area contributed by atoms with Crippen LogP contribution in [0.3, 0.4) is 0 Å². The number of aromatic nitrogens is 3. The Bertz CT molecular complexity index is 237. The van der Waals surface area contributed by atoms with Gasteiger partial charge >= 0.3 is 0 Å². The van der Waals surface area contributed by atoms with Gasteiger partial charge in [0.05, 0.1) is 6.54 Å². The molecule has 60 valence electrons. The first-order valence-corrected chi connectivity index (χ1v) is 3.78. The van der Waals surface area contributed by atoms with Gasteiger partial charge in [0.1, 0.15) is 6.04 Å². The summed E-state index contributed by atoms with van der Waals surface area (Å²) >= 11 is 0. The lowest BCUT2D eigenvalue weighted by Gasteiger charge is -1.93. The van der Waals surface area contributed by atoms with Gasteiger partial charge in [-0.2, -0.15) is 0 Å². The molecule has 0 unspecified atom stereocenters. The van der Waals surface area contributed by atoms with Crippen molar-refractivity contribution in [1.29, 1.82) is 0 Å². The van der Waals surface area contributed by atoms with Crippen molar-refractivity contribution < 1.29 is 4.57 Å². The maximum atomic E-state index is 4.17. The summed E-state index contributed by atoms with van der Waals surface area (Å²) in [6, 6.07) is 0.432. The number of hydrogen-bond donors (Lipinski definition) is 0. The lowest BCUT2D eigenvalue weighted by molar-refractivity contribution is -0.687. The van der Waals surface area contributed by atoms with Crippen LogP contribution in [0.25, 0.3) is 0 Å². The van der Waals surface area contributed by atoms with Crippen molar-refractivity contribution in [3.8, 4) is 0 Å². The quantitative estimate of drug-likeness (QED) is 0.466. The van der Waals surface area contributed by atoms with Crippen LogP contribution in [0.1, 0.15) is 19.9 Å². The van der Waals surface area contributed by atoms with Gasteiger partial charge in [-0.25, -0.2) is 4.57 Å². The van der Waals surface area contributed by atoms with Crippen LogP contribution in [0.5, 0.6) is 0 Å². The van der Waals surface area contributed by atoms with E-state index in [1.54, 1.807) is 0 Å². The Hall–Kier alpha value is -1.12. The van der Waals surface area contributed by atoms with Crippen LogP contribution in [-0.2, 0) is 6.54 Å². The fourth-order valence-corrected chi connectivity index (χ4v) is 0.848. The SMILES string of the molecule is C=CC[n+]1cnn(C(C)C)c1. The van der Waals surface area contributed by atoms with E-state index >= 15 is 0 Å². The van der Waals surface area contributed by atoms with E-state index in [1.165, 1.54) is 0 Å². The van der Waals surface area contributed by atoms with Crippen molar-refractivity contribution in [2.45, 2.75) is 26.4 Å². The topological polar surface area (TPSA) is 21.7 Å². The number of nitrogens with zero attached hydrogens (tertiary/aromatic N) is 3. The Morgan fingerprint density at radius 2 is 2.45 bits per heavy atom. The van der Waals surface area contributed by atoms with Gasteiger partial charge in [0.15, 0.2) is 0 Å². The van der Waals surface area contributed by atoms with E-state index in [2.05, 4.69) is 25.5 Å². The van der Waals surface area contributed by atoms with E-state index in [4.69, 9.17) is 0 Å². The normalized spacial score (nSPS) is 10.5. The molecule has 0 radical (unpaired) electrons. The average Bonchev–Trinajstić information content (AvgIpc) is 2.37. The smallest absolute Gasteiger partial charge is 0.234 e. The van der Waals surface area contributed by atoms with Crippen LogP contribution in [0.4, 0.5) is 0 Å². The predicted molar refractivity (Wildman–Crippen MR) is 43.0 cm³/mol. The van der Waals surface area contributed by atoms with Crippen LogP contribution in [0.2, 0.25) is 0 Å². The van der Waals surface area contributed by atoms with E-state index in [1.807, 2.05) is 28.0 Å². The van der Waals surface area contributed by atoms with E-state index in [-0.39, 0.29) is 0 Å². The average molecular weight is 152 g/mol. The molecule has 1 aromatic rings. The number of hydrogen-bond acceptors (Lipinski definition) is 1. The van der Waals surface area contributed by atoms with Crippen LogP contribution in [-0.4, -0.2) is 9.78 Å². The zero-order chi connectivity index (χ0) is 8.27. The molecule has 0 atom stereocenters. The van der Waals surface area contributed by atoms with E-state index in [0.29, 0.717) is 6.04 Å². The van der Waals surface area contributed by atoms with Gasteiger partial charge in [0.2, 0.25) is 6.33 Å². The first-order valence-electron chi connectivity index (χ1n) is 3.78. The summed E-state index contributed by atoms with van der Waals surface area (Å²) in [6.07, 6.45) is 5.64.